The van der Waals surface area contributed by atoms with Crippen LogP contribution in [0.4, 0.5) is 0 Å². The second-order valence-corrected chi connectivity index (χ2v) is 5.09. The number of carbonyl (C=O) groups is 1. The average Bonchev–Trinajstić information content (AvgIpc) is 2.62. The smallest absolute Gasteiger partial charge is 0.231 e. The zero-order valence-corrected chi connectivity index (χ0v) is 10.3. The van der Waals surface area contributed by atoms with Gasteiger partial charge in [0.1, 0.15) is 5.01 Å². The number of nitrogens with one attached hydrogen (secondary N) is 2. The molecule has 1 aliphatic heterocycles. The summed E-state index contributed by atoms with van der Waals surface area (Å²) in [6, 6.07) is 0. The monoisotopic (exact) mass is 236 g/mol. The van der Waals surface area contributed by atoms with E-state index in [4.69, 9.17) is 5.41 Å². The van der Waals surface area contributed by atoms with E-state index in [-0.39, 0.29) is 11.9 Å². The number of carbonyl (C=O) groups excluding carboxylic acids is 1. The van der Waals surface area contributed by atoms with Crippen molar-refractivity contribution in [1.82, 2.24) is 15.2 Å². The van der Waals surface area contributed by atoms with Gasteiger partial charge < -0.3 is 5.32 Å². The van der Waals surface area contributed by atoms with Gasteiger partial charge in [0.25, 0.3) is 0 Å². The predicted molar refractivity (Wildman–Crippen MR) is 65.9 cm³/mol. The van der Waals surface area contributed by atoms with E-state index in [0.29, 0.717) is 6.42 Å². The van der Waals surface area contributed by atoms with Gasteiger partial charge in [0.15, 0.2) is 13.8 Å². The van der Waals surface area contributed by atoms with E-state index in [1.54, 1.807) is 7.05 Å². The number of amides is 1. The van der Waals surface area contributed by atoms with Crippen molar-refractivity contribution in [2.75, 3.05) is 7.05 Å². The minimum absolute atomic E-state index is 0.0564. The molecule has 1 fully saturated rings. The Morgan fingerprint density at radius 2 is 2.44 bits per heavy atom. The Bertz CT molecular complexity index is 440. The molecule has 5 nitrogen and oxygen atoms in total. The summed E-state index contributed by atoms with van der Waals surface area (Å²) in [6.45, 7) is 1.91. The number of hydrogen-bond donors (Lipinski definition) is 2. The molecule has 0 aromatic carbocycles. The van der Waals surface area contributed by atoms with Crippen LogP contribution >= 0.6 is 11.3 Å². The van der Waals surface area contributed by atoms with Crippen molar-refractivity contribution in [1.29, 1.82) is 5.41 Å². The van der Waals surface area contributed by atoms with Crippen LogP contribution in [0.15, 0.2) is 5.38 Å². The number of aromatic nitrogens is 1. The topological polar surface area (TPSA) is 69.1 Å². The highest BCUT2D eigenvalue weighted by atomic mass is 32.1. The van der Waals surface area contributed by atoms with Crippen LogP contribution in [0.3, 0.4) is 0 Å². The maximum atomic E-state index is 11.7. The van der Waals surface area contributed by atoms with E-state index in [1.165, 1.54) is 16.2 Å². The summed E-state index contributed by atoms with van der Waals surface area (Å²) >= 11 is 1.52. The molecule has 0 radical (unpaired) electrons. The van der Waals surface area contributed by atoms with Gasteiger partial charge in [0.05, 0.1) is 12.0 Å². The lowest BCUT2D eigenvalue weighted by molar-refractivity contribution is -0.129. The summed E-state index contributed by atoms with van der Waals surface area (Å²) in [4.78, 5) is 17.4. The first-order chi connectivity index (χ1) is 7.42. The molecule has 2 rings (SSSR count). The van der Waals surface area contributed by atoms with Crippen molar-refractivity contribution in [2.45, 2.75) is 18.9 Å². The molecule has 16 heavy (non-hydrogen) atoms. The lowest BCUT2D eigenvalue weighted by Gasteiger charge is -2.37. The van der Waals surface area contributed by atoms with E-state index in [9.17, 15) is 4.79 Å². The predicted octanol–water partition coefficient (Wildman–Crippen LogP) is -0.997. The summed E-state index contributed by atoms with van der Waals surface area (Å²) in [5, 5.41) is 13.6. The largest absolute Gasteiger partial charge is 0.344 e. The molecule has 1 aromatic rings. The molecule has 1 aromatic heterocycles. The molecule has 0 aliphatic carbocycles. The van der Waals surface area contributed by atoms with Crippen LogP contribution in [-0.4, -0.2) is 36.6 Å². The molecule has 2 N–H and O–H groups in total. The number of nitrogens with zero attached hydrogens (tertiary/aromatic N) is 2. The second kappa shape index (κ2) is 3.59. The fourth-order valence-corrected chi connectivity index (χ4v) is 2.59. The third kappa shape index (κ3) is 1.71. The van der Waals surface area contributed by atoms with Crippen LogP contribution in [0.2, 0.25) is 0 Å². The maximum absolute atomic E-state index is 11.7. The van der Waals surface area contributed by atoms with Gasteiger partial charge in [-0.1, -0.05) is 0 Å². The van der Waals surface area contributed by atoms with E-state index >= 15 is 0 Å². The lowest BCUT2D eigenvalue weighted by Crippen LogP contribution is -2.58. The Morgan fingerprint density at radius 3 is 2.94 bits per heavy atom. The summed E-state index contributed by atoms with van der Waals surface area (Å²) < 4.78 is 0. The summed E-state index contributed by atoms with van der Waals surface area (Å²) in [5.41, 5.74) is 0.403. The molecule has 1 saturated heterocycles. The molecule has 0 saturated carbocycles. The van der Waals surface area contributed by atoms with Gasteiger partial charge in [-0.2, -0.15) is 0 Å². The zero-order chi connectivity index (χ0) is 11.9. The quantitative estimate of drug-likeness (QED) is 0.615. The number of rotatable bonds is 1. The molecule has 2 heterocycles. The van der Waals surface area contributed by atoms with Gasteiger partial charge in [-0.05, 0) is 6.92 Å². The van der Waals surface area contributed by atoms with Crippen molar-refractivity contribution in [2.24, 2.45) is 0 Å². The molecule has 84 valence electrons. The first kappa shape index (κ1) is 11.1. The molecular formula is C9H13BN4OS. The molecule has 1 atom stereocenters. The van der Waals surface area contributed by atoms with Crippen LogP contribution in [0.1, 0.15) is 18.4 Å². The zero-order valence-electron chi connectivity index (χ0n) is 9.50. The Labute approximate surface area is 98.8 Å². The van der Waals surface area contributed by atoms with E-state index < -0.39 is 5.54 Å². The first-order valence-electron chi connectivity index (χ1n) is 4.98. The van der Waals surface area contributed by atoms with Gasteiger partial charge in [-0.15, -0.1) is 11.3 Å². The second-order valence-electron chi connectivity index (χ2n) is 4.23. The average molecular weight is 236 g/mol. The van der Waals surface area contributed by atoms with Gasteiger partial charge in [0, 0.05) is 18.0 Å². The van der Waals surface area contributed by atoms with Crippen LogP contribution in [0.25, 0.3) is 0 Å². The Kier molecular flexibility index (Phi) is 2.50. The Hall–Kier alpha value is -1.37. The number of hydrogen-bond acceptors (Lipinski definition) is 4. The van der Waals surface area contributed by atoms with Crippen LogP contribution in [-0.2, 0) is 10.3 Å². The normalized spacial score (nSPS) is 25.8. The van der Waals surface area contributed by atoms with Crippen molar-refractivity contribution < 1.29 is 4.79 Å². The lowest BCUT2D eigenvalue weighted by atomic mass is 9.95. The summed E-state index contributed by atoms with van der Waals surface area (Å²) in [5.74, 6) is 0.0747. The van der Waals surface area contributed by atoms with Crippen molar-refractivity contribution in [3.63, 3.8) is 0 Å². The third-order valence-electron chi connectivity index (χ3n) is 2.70. The molecular weight excluding hydrogens is 223 g/mol. The molecule has 7 heteroatoms. The van der Waals surface area contributed by atoms with E-state index in [2.05, 4.69) is 10.3 Å². The highest BCUT2D eigenvalue weighted by Gasteiger charge is 2.39. The minimum Gasteiger partial charge on any atom is -0.344 e. The Balaban J connectivity index is 2.33. The van der Waals surface area contributed by atoms with E-state index in [1.807, 2.05) is 20.2 Å². The van der Waals surface area contributed by atoms with E-state index in [0.717, 1.165) is 10.6 Å². The maximum Gasteiger partial charge on any atom is 0.231 e. The molecule has 0 bridgehead atoms. The standard InChI is InChI=1S/C9H13BN4OS/c1-9(7-12-5(10)4-16-7)3-6(15)14(2)8(11)13-9/h4H,3,10H2,1-2H3,(H2,11,13)/t9-/m0/s1. The third-order valence-corrected chi connectivity index (χ3v) is 3.92. The van der Waals surface area contributed by atoms with Gasteiger partial charge in [0.2, 0.25) is 5.91 Å². The van der Waals surface area contributed by atoms with Gasteiger partial charge >= 0.3 is 0 Å². The first-order valence-corrected chi connectivity index (χ1v) is 5.86. The Morgan fingerprint density at radius 1 is 1.75 bits per heavy atom. The van der Waals surface area contributed by atoms with Gasteiger partial charge in [-0.3, -0.25) is 20.1 Å². The van der Waals surface area contributed by atoms with Crippen LogP contribution in [0.5, 0.6) is 0 Å². The minimum atomic E-state index is -0.542. The highest BCUT2D eigenvalue weighted by molar-refractivity contribution is 7.10. The molecule has 0 unspecified atom stereocenters. The van der Waals surface area contributed by atoms with Crippen LogP contribution < -0.4 is 10.9 Å². The fraction of sp³-hybridized carbons (Fsp3) is 0.444. The summed E-state index contributed by atoms with van der Waals surface area (Å²) in [6.07, 6.45) is 0.332. The number of thiazole rings is 1. The van der Waals surface area contributed by atoms with Gasteiger partial charge in [-0.25, -0.2) is 0 Å². The SMILES string of the molecule is Bc1csc([C@]2(C)CC(=O)N(C)C(=N)N2)n1. The number of guanidine groups is 1. The molecule has 0 spiro atoms. The van der Waals surface area contributed by atoms with Crippen molar-refractivity contribution in [3.05, 3.63) is 10.4 Å². The fourth-order valence-electron chi connectivity index (χ4n) is 1.67. The summed E-state index contributed by atoms with van der Waals surface area (Å²) in [7, 11) is 3.52. The van der Waals surface area contributed by atoms with Crippen LogP contribution in [0, 0.1) is 5.41 Å². The van der Waals surface area contributed by atoms with Crippen molar-refractivity contribution in [3.8, 4) is 0 Å². The highest BCUT2D eigenvalue weighted by Crippen LogP contribution is 2.29. The molecule has 1 aliphatic rings. The molecule has 1 amide bonds. The van der Waals surface area contributed by atoms with Crippen molar-refractivity contribution >= 4 is 36.6 Å².